The number of hydrogen-bond donors (Lipinski definition) is 1. The molecule has 1 N–H and O–H groups in total. The minimum Gasteiger partial charge on any atom is -0.352 e. The zero-order valence-electron chi connectivity index (χ0n) is 6.97. The molecule has 2 nitrogen and oxygen atoms in total. The lowest BCUT2D eigenvalue weighted by molar-refractivity contribution is -0.116. The fourth-order valence-corrected chi connectivity index (χ4v) is 1.36. The third-order valence-corrected chi connectivity index (χ3v) is 2.32. The van der Waals surface area contributed by atoms with Crippen molar-refractivity contribution >= 4 is 5.91 Å². The third kappa shape index (κ3) is 2.37. The highest BCUT2D eigenvalue weighted by molar-refractivity contribution is 5.86. The largest absolute Gasteiger partial charge is 0.352 e. The molecule has 0 unspecified atom stereocenters. The molecule has 2 atom stereocenters. The Morgan fingerprint density at radius 1 is 1.73 bits per heavy atom. The Hall–Kier alpha value is -0.790. The van der Waals surface area contributed by atoms with Gasteiger partial charge in [0.2, 0.25) is 5.91 Å². The molecule has 1 saturated carbocycles. The van der Waals surface area contributed by atoms with E-state index in [-0.39, 0.29) is 5.91 Å². The predicted octanol–water partition coefficient (Wildman–Crippen LogP) is 1.33. The Balaban J connectivity index is 2.06. The second-order valence-electron chi connectivity index (χ2n) is 3.11. The first-order valence-electron chi connectivity index (χ1n) is 4.18. The molecule has 1 fully saturated rings. The molecule has 0 aliphatic heterocycles. The van der Waals surface area contributed by atoms with E-state index in [1.165, 1.54) is 18.9 Å². The summed E-state index contributed by atoms with van der Waals surface area (Å²) in [6.45, 7) is 6.42. The van der Waals surface area contributed by atoms with Gasteiger partial charge >= 0.3 is 0 Å². The first-order chi connectivity index (χ1) is 5.27. The lowest BCUT2D eigenvalue weighted by Crippen LogP contribution is -2.23. The van der Waals surface area contributed by atoms with Gasteiger partial charge in [0.25, 0.3) is 0 Å². The summed E-state index contributed by atoms with van der Waals surface area (Å²) in [7, 11) is 0. The number of amides is 1. The molecule has 1 aliphatic rings. The Labute approximate surface area is 67.7 Å². The van der Waals surface area contributed by atoms with Crippen molar-refractivity contribution in [2.24, 2.45) is 11.8 Å². The highest BCUT2D eigenvalue weighted by atomic mass is 16.1. The van der Waals surface area contributed by atoms with Gasteiger partial charge in [-0.3, -0.25) is 4.79 Å². The average Bonchev–Trinajstić information content (AvgIpc) is 2.78. The lowest BCUT2D eigenvalue weighted by atomic mass is 10.2. The molecule has 0 radical (unpaired) electrons. The van der Waals surface area contributed by atoms with Crippen LogP contribution < -0.4 is 5.32 Å². The van der Waals surface area contributed by atoms with Gasteiger partial charge in [-0.25, -0.2) is 0 Å². The number of hydrogen-bond acceptors (Lipinski definition) is 1. The molecule has 0 aromatic rings. The fraction of sp³-hybridized carbons (Fsp3) is 0.667. The molecule has 0 bridgehead atoms. The van der Waals surface area contributed by atoms with Crippen molar-refractivity contribution in [3.8, 4) is 0 Å². The van der Waals surface area contributed by atoms with Gasteiger partial charge in [-0.1, -0.05) is 19.9 Å². The number of rotatable bonds is 4. The molecule has 1 amide bonds. The first-order valence-corrected chi connectivity index (χ1v) is 4.18. The molecule has 11 heavy (non-hydrogen) atoms. The smallest absolute Gasteiger partial charge is 0.243 e. The summed E-state index contributed by atoms with van der Waals surface area (Å²) in [5.41, 5.74) is 0. The van der Waals surface area contributed by atoms with Gasteiger partial charge in [0.05, 0.1) is 0 Å². The molecule has 0 saturated heterocycles. The number of carbonyl (C=O) groups is 1. The molecule has 2 heteroatoms. The third-order valence-electron chi connectivity index (χ3n) is 2.32. The van der Waals surface area contributed by atoms with Crippen LogP contribution in [0.1, 0.15) is 19.8 Å². The maximum absolute atomic E-state index is 10.7. The van der Waals surface area contributed by atoms with Crippen LogP contribution >= 0.6 is 0 Å². The summed E-state index contributed by atoms with van der Waals surface area (Å²) in [6, 6.07) is 0. The van der Waals surface area contributed by atoms with Crippen LogP contribution in [0.2, 0.25) is 0 Å². The van der Waals surface area contributed by atoms with Crippen LogP contribution in [0.3, 0.4) is 0 Å². The zero-order valence-corrected chi connectivity index (χ0v) is 6.97. The topological polar surface area (TPSA) is 29.1 Å². The van der Waals surface area contributed by atoms with E-state index in [2.05, 4.69) is 18.8 Å². The monoisotopic (exact) mass is 153 g/mol. The molecule has 0 heterocycles. The summed E-state index contributed by atoms with van der Waals surface area (Å²) >= 11 is 0. The SMILES string of the molecule is C=CC(=O)NC[C@@H]1C[C@H]1CC. The van der Waals surface area contributed by atoms with Crippen LogP contribution in [0.25, 0.3) is 0 Å². The Bertz CT molecular complexity index is 165. The standard InChI is InChI=1S/C9H15NO/c1-3-7-5-8(7)6-10-9(11)4-2/h4,7-8H,2-3,5-6H2,1H3,(H,10,11)/t7-,8+/m1/s1. The number of nitrogens with one attached hydrogen (secondary N) is 1. The van der Waals surface area contributed by atoms with E-state index < -0.39 is 0 Å². The average molecular weight is 153 g/mol. The van der Waals surface area contributed by atoms with E-state index in [0.717, 1.165) is 18.4 Å². The Kier molecular flexibility index (Phi) is 2.69. The molecule has 1 rings (SSSR count). The second kappa shape index (κ2) is 3.56. The Morgan fingerprint density at radius 2 is 2.45 bits per heavy atom. The predicted molar refractivity (Wildman–Crippen MR) is 45.1 cm³/mol. The molecule has 0 spiro atoms. The minimum atomic E-state index is -0.0493. The van der Waals surface area contributed by atoms with Gasteiger partial charge in [-0.05, 0) is 24.3 Å². The molecule has 0 aromatic heterocycles. The fourth-order valence-electron chi connectivity index (χ4n) is 1.36. The lowest BCUT2D eigenvalue weighted by Gasteiger charge is -1.98. The van der Waals surface area contributed by atoms with Gasteiger partial charge < -0.3 is 5.32 Å². The molecule has 1 aliphatic carbocycles. The van der Waals surface area contributed by atoms with Gasteiger partial charge in [0, 0.05) is 6.54 Å². The summed E-state index contributed by atoms with van der Waals surface area (Å²) < 4.78 is 0. The zero-order chi connectivity index (χ0) is 8.27. The van der Waals surface area contributed by atoms with E-state index >= 15 is 0 Å². The Morgan fingerprint density at radius 3 is 2.91 bits per heavy atom. The van der Waals surface area contributed by atoms with Crippen LogP contribution in [0, 0.1) is 11.8 Å². The quantitative estimate of drug-likeness (QED) is 0.607. The molecular weight excluding hydrogens is 138 g/mol. The normalized spacial score (nSPS) is 27.7. The van der Waals surface area contributed by atoms with Gasteiger partial charge in [-0.2, -0.15) is 0 Å². The van der Waals surface area contributed by atoms with Gasteiger partial charge in [0.15, 0.2) is 0 Å². The summed E-state index contributed by atoms with van der Waals surface area (Å²) in [6.07, 6.45) is 3.85. The van der Waals surface area contributed by atoms with Crippen LogP contribution in [-0.2, 0) is 4.79 Å². The molecular formula is C9H15NO. The van der Waals surface area contributed by atoms with E-state index in [9.17, 15) is 4.79 Å². The van der Waals surface area contributed by atoms with Crippen molar-refractivity contribution < 1.29 is 4.79 Å². The highest BCUT2D eigenvalue weighted by Crippen LogP contribution is 2.40. The van der Waals surface area contributed by atoms with Crippen LogP contribution in [0.4, 0.5) is 0 Å². The van der Waals surface area contributed by atoms with Crippen molar-refractivity contribution in [3.63, 3.8) is 0 Å². The first kappa shape index (κ1) is 8.31. The molecule has 62 valence electrons. The molecule has 0 aromatic carbocycles. The van der Waals surface area contributed by atoms with Crippen LogP contribution in [0.15, 0.2) is 12.7 Å². The van der Waals surface area contributed by atoms with Crippen molar-refractivity contribution in [2.75, 3.05) is 6.54 Å². The van der Waals surface area contributed by atoms with Crippen molar-refractivity contribution in [1.82, 2.24) is 5.32 Å². The van der Waals surface area contributed by atoms with Crippen molar-refractivity contribution in [1.29, 1.82) is 0 Å². The maximum atomic E-state index is 10.7. The van der Waals surface area contributed by atoms with E-state index in [1.807, 2.05) is 0 Å². The van der Waals surface area contributed by atoms with Crippen LogP contribution in [-0.4, -0.2) is 12.5 Å². The van der Waals surface area contributed by atoms with Crippen molar-refractivity contribution in [2.45, 2.75) is 19.8 Å². The summed E-state index contributed by atoms with van der Waals surface area (Å²) in [4.78, 5) is 10.7. The number of carbonyl (C=O) groups excluding carboxylic acids is 1. The van der Waals surface area contributed by atoms with Gasteiger partial charge in [0.1, 0.15) is 0 Å². The minimum absolute atomic E-state index is 0.0493. The van der Waals surface area contributed by atoms with E-state index in [4.69, 9.17) is 0 Å². The van der Waals surface area contributed by atoms with Crippen LogP contribution in [0.5, 0.6) is 0 Å². The summed E-state index contributed by atoms with van der Waals surface area (Å²) in [5, 5.41) is 2.80. The van der Waals surface area contributed by atoms with E-state index in [0.29, 0.717) is 0 Å². The maximum Gasteiger partial charge on any atom is 0.243 e. The highest BCUT2D eigenvalue weighted by Gasteiger charge is 2.34. The summed E-state index contributed by atoms with van der Waals surface area (Å²) in [5.74, 6) is 1.55. The van der Waals surface area contributed by atoms with Crippen molar-refractivity contribution in [3.05, 3.63) is 12.7 Å². The second-order valence-corrected chi connectivity index (χ2v) is 3.11. The van der Waals surface area contributed by atoms with E-state index in [1.54, 1.807) is 0 Å². The van der Waals surface area contributed by atoms with Gasteiger partial charge in [-0.15, -0.1) is 0 Å².